The fourth-order valence-electron chi connectivity index (χ4n) is 4.87. The molecule has 0 aliphatic carbocycles. The number of hydrogen-bond donors (Lipinski definition) is 1. The second-order valence-corrected chi connectivity index (χ2v) is 13.2. The van der Waals surface area contributed by atoms with E-state index in [0.717, 1.165) is 9.87 Å². The zero-order valence-corrected chi connectivity index (χ0v) is 27.1. The van der Waals surface area contributed by atoms with E-state index in [9.17, 15) is 22.4 Å². The van der Waals surface area contributed by atoms with Crippen LogP contribution in [0.2, 0.25) is 5.02 Å². The number of aryl methyl sites for hydroxylation is 1. The van der Waals surface area contributed by atoms with Gasteiger partial charge in [0, 0.05) is 24.0 Å². The number of amides is 2. The van der Waals surface area contributed by atoms with E-state index in [1.165, 1.54) is 41.3 Å². The summed E-state index contributed by atoms with van der Waals surface area (Å²) in [6, 6.07) is 26.4. The molecule has 0 aliphatic rings. The highest BCUT2D eigenvalue weighted by molar-refractivity contribution is 7.92. The van der Waals surface area contributed by atoms with Crippen molar-refractivity contribution in [1.29, 1.82) is 0 Å². The number of hydrogen-bond acceptors (Lipinski definition) is 4. The molecule has 0 saturated heterocycles. The first kappa shape index (κ1) is 33.7. The Bertz CT molecular complexity index is 1700. The van der Waals surface area contributed by atoms with Crippen LogP contribution in [0.4, 0.5) is 10.1 Å². The molecule has 0 bridgehead atoms. The average molecular weight is 650 g/mol. The van der Waals surface area contributed by atoms with E-state index in [4.69, 9.17) is 11.6 Å². The van der Waals surface area contributed by atoms with Gasteiger partial charge in [-0.2, -0.15) is 0 Å². The van der Waals surface area contributed by atoms with Crippen LogP contribution in [0.15, 0.2) is 108 Å². The van der Waals surface area contributed by atoms with Crippen molar-refractivity contribution < 1.29 is 22.4 Å². The van der Waals surface area contributed by atoms with Crippen molar-refractivity contribution in [3.63, 3.8) is 0 Å². The van der Waals surface area contributed by atoms with E-state index in [2.05, 4.69) is 5.32 Å². The average Bonchev–Trinajstić information content (AvgIpc) is 3.03. The zero-order valence-electron chi connectivity index (χ0n) is 25.5. The number of anilines is 1. The maximum absolute atomic E-state index is 14.5. The van der Waals surface area contributed by atoms with Crippen LogP contribution in [0.1, 0.15) is 37.0 Å². The molecule has 45 heavy (non-hydrogen) atoms. The van der Waals surface area contributed by atoms with Gasteiger partial charge in [-0.25, -0.2) is 12.8 Å². The largest absolute Gasteiger partial charge is 0.352 e. The lowest BCUT2D eigenvalue weighted by Gasteiger charge is -2.34. The van der Waals surface area contributed by atoms with E-state index in [-0.39, 0.29) is 29.8 Å². The summed E-state index contributed by atoms with van der Waals surface area (Å²) in [4.78, 5) is 29.7. The van der Waals surface area contributed by atoms with E-state index in [1.807, 2.05) is 44.2 Å². The van der Waals surface area contributed by atoms with Crippen LogP contribution in [-0.2, 0) is 32.6 Å². The Kier molecular flexibility index (Phi) is 11.4. The molecule has 0 aromatic heterocycles. The van der Waals surface area contributed by atoms with Crippen LogP contribution in [0, 0.1) is 12.7 Å². The molecular weight excluding hydrogens is 613 g/mol. The molecule has 2 amide bonds. The van der Waals surface area contributed by atoms with E-state index in [1.54, 1.807) is 43.3 Å². The van der Waals surface area contributed by atoms with E-state index >= 15 is 0 Å². The van der Waals surface area contributed by atoms with Gasteiger partial charge >= 0.3 is 0 Å². The number of carbonyl (C=O) groups excluding carboxylic acids is 2. The lowest BCUT2D eigenvalue weighted by Crippen LogP contribution is -2.54. The lowest BCUT2D eigenvalue weighted by molar-refractivity contribution is -0.140. The van der Waals surface area contributed by atoms with Crippen LogP contribution in [0.25, 0.3) is 0 Å². The van der Waals surface area contributed by atoms with Crippen molar-refractivity contribution in [2.45, 2.75) is 57.1 Å². The molecule has 0 unspecified atom stereocenters. The fourth-order valence-corrected chi connectivity index (χ4v) is 6.48. The van der Waals surface area contributed by atoms with E-state index < -0.39 is 34.3 Å². The molecule has 0 fully saturated rings. The minimum absolute atomic E-state index is 0.0385. The Labute approximate surface area is 269 Å². The number of rotatable bonds is 13. The second kappa shape index (κ2) is 15.2. The van der Waals surface area contributed by atoms with Crippen molar-refractivity contribution in [3.8, 4) is 0 Å². The molecule has 0 spiro atoms. The lowest BCUT2D eigenvalue weighted by atomic mass is 10.0. The first-order valence-electron chi connectivity index (χ1n) is 14.7. The summed E-state index contributed by atoms with van der Waals surface area (Å²) < 4.78 is 43.1. The number of halogens is 2. The van der Waals surface area contributed by atoms with Crippen molar-refractivity contribution in [1.82, 2.24) is 10.2 Å². The Balaban J connectivity index is 1.81. The minimum Gasteiger partial charge on any atom is -0.352 e. The van der Waals surface area contributed by atoms with Gasteiger partial charge in [-0.15, -0.1) is 0 Å². The molecule has 0 heterocycles. The van der Waals surface area contributed by atoms with Crippen molar-refractivity contribution >= 4 is 39.1 Å². The van der Waals surface area contributed by atoms with Gasteiger partial charge in [0.25, 0.3) is 10.0 Å². The molecule has 4 aromatic rings. The predicted octanol–water partition coefficient (Wildman–Crippen LogP) is 6.54. The smallest absolute Gasteiger partial charge is 0.264 e. The molecule has 0 radical (unpaired) electrons. The van der Waals surface area contributed by atoms with Crippen LogP contribution < -0.4 is 9.62 Å². The summed E-state index contributed by atoms with van der Waals surface area (Å²) >= 11 is 6.04. The Morgan fingerprint density at radius 1 is 0.867 bits per heavy atom. The summed E-state index contributed by atoms with van der Waals surface area (Å²) in [6.45, 7) is 4.95. The molecule has 7 nitrogen and oxygen atoms in total. The molecule has 10 heteroatoms. The van der Waals surface area contributed by atoms with Gasteiger partial charge in [0.1, 0.15) is 18.4 Å². The fraction of sp³-hybridized carbons (Fsp3) is 0.257. The second-order valence-electron chi connectivity index (χ2n) is 10.9. The SMILES string of the molecule is CC[C@@H](C)NC(=O)[C@@H](Cc1ccccc1)N(Cc1ccc(F)cc1)C(=O)CN(c1ccccc1C)S(=O)(=O)c1ccc(Cl)cc1. The summed E-state index contributed by atoms with van der Waals surface area (Å²) in [5.74, 6) is -1.40. The quantitative estimate of drug-likeness (QED) is 0.178. The minimum atomic E-state index is -4.25. The predicted molar refractivity (Wildman–Crippen MR) is 176 cm³/mol. The Morgan fingerprint density at radius 3 is 2.11 bits per heavy atom. The van der Waals surface area contributed by atoms with Crippen molar-refractivity contribution in [3.05, 3.63) is 131 Å². The zero-order chi connectivity index (χ0) is 32.6. The third kappa shape index (κ3) is 8.71. The first-order valence-corrected chi connectivity index (χ1v) is 16.5. The topological polar surface area (TPSA) is 86.8 Å². The number of nitrogens with one attached hydrogen (secondary N) is 1. The molecule has 0 saturated carbocycles. The summed E-state index contributed by atoms with van der Waals surface area (Å²) in [5.41, 5.74) is 2.37. The van der Waals surface area contributed by atoms with Gasteiger partial charge in [-0.3, -0.25) is 13.9 Å². The standard InChI is InChI=1S/C35H37ClFN3O4S/c1-4-26(3)38-35(42)33(22-27-11-6-5-7-12-27)39(23-28-14-18-30(37)19-15-28)34(41)24-40(32-13-9-8-10-25(32)2)45(43,44)31-20-16-29(36)17-21-31/h5-21,26,33H,4,22-24H2,1-3H3,(H,38,42)/t26-,33-/m1/s1. The van der Waals surface area contributed by atoms with Gasteiger partial charge < -0.3 is 10.2 Å². The van der Waals surface area contributed by atoms with Crippen molar-refractivity contribution in [2.75, 3.05) is 10.8 Å². The highest BCUT2D eigenvalue weighted by Crippen LogP contribution is 2.28. The van der Waals surface area contributed by atoms with Gasteiger partial charge in [0.2, 0.25) is 11.8 Å². The summed E-state index contributed by atoms with van der Waals surface area (Å²) in [7, 11) is -4.25. The van der Waals surface area contributed by atoms with Crippen LogP contribution in [0.3, 0.4) is 0 Å². The monoisotopic (exact) mass is 649 g/mol. The third-order valence-electron chi connectivity index (χ3n) is 7.60. The van der Waals surface area contributed by atoms with Gasteiger partial charge in [0.05, 0.1) is 10.6 Å². The van der Waals surface area contributed by atoms with Gasteiger partial charge in [0.15, 0.2) is 0 Å². The summed E-state index contributed by atoms with van der Waals surface area (Å²) in [5, 5.41) is 3.37. The highest BCUT2D eigenvalue weighted by Gasteiger charge is 2.35. The Morgan fingerprint density at radius 2 is 1.49 bits per heavy atom. The third-order valence-corrected chi connectivity index (χ3v) is 9.63. The highest BCUT2D eigenvalue weighted by atomic mass is 35.5. The Hall–Kier alpha value is -4.21. The number of benzene rings is 4. The van der Waals surface area contributed by atoms with Gasteiger partial charge in [-0.05, 0) is 79.4 Å². The molecule has 0 aliphatic heterocycles. The maximum atomic E-state index is 14.5. The molecule has 4 rings (SSSR count). The first-order chi connectivity index (χ1) is 21.5. The van der Waals surface area contributed by atoms with Crippen LogP contribution in [0.5, 0.6) is 0 Å². The summed E-state index contributed by atoms with van der Waals surface area (Å²) in [6.07, 6.45) is 0.862. The van der Waals surface area contributed by atoms with Crippen molar-refractivity contribution in [2.24, 2.45) is 0 Å². The number of para-hydroxylation sites is 1. The molecule has 2 atom stereocenters. The van der Waals surface area contributed by atoms with Gasteiger partial charge in [-0.1, -0.05) is 79.2 Å². The maximum Gasteiger partial charge on any atom is 0.264 e. The molecule has 236 valence electrons. The number of nitrogens with zero attached hydrogens (tertiary/aromatic N) is 2. The number of sulfonamides is 1. The molecule has 4 aromatic carbocycles. The van der Waals surface area contributed by atoms with E-state index in [0.29, 0.717) is 28.3 Å². The van der Waals surface area contributed by atoms with Crippen LogP contribution >= 0.6 is 11.6 Å². The number of carbonyl (C=O) groups is 2. The molecular formula is C35H37ClFN3O4S. The van der Waals surface area contributed by atoms with Crippen LogP contribution in [-0.4, -0.2) is 43.8 Å². The molecule has 1 N–H and O–H groups in total. The normalized spacial score (nSPS) is 12.6.